The summed E-state index contributed by atoms with van der Waals surface area (Å²) in [6.45, 7) is 3.91. The van der Waals surface area contributed by atoms with Crippen LogP contribution >= 0.6 is 24.0 Å². The maximum absolute atomic E-state index is 12.6. The van der Waals surface area contributed by atoms with Gasteiger partial charge in [0.1, 0.15) is 0 Å². The van der Waals surface area contributed by atoms with Gasteiger partial charge in [-0.2, -0.15) is 4.39 Å². The SMILES string of the molecule is CC(C)(SC(F)=S)c1ccccc1. The normalized spacial score (nSPS) is 11.3. The number of hydrogen-bond acceptors (Lipinski definition) is 2. The molecule has 1 aromatic carbocycles. The number of thiocarbonyl (C=S) groups is 1. The minimum absolute atomic E-state index is 0.285. The van der Waals surface area contributed by atoms with Crippen molar-refractivity contribution >= 4 is 28.4 Å². The molecule has 13 heavy (non-hydrogen) atoms. The number of rotatable bonds is 2. The molecule has 1 aromatic rings. The first-order chi connectivity index (χ1) is 6.02. The van der Waals surface area contributed by atoms with Crippen LogP contribution in [-0.4, -0.2) is 4.45 Å². The van der Waals surface area contributed by atoms with Crippen LogP contribution < -0.4 is 0 Å². The third-order valence-electron chi connectivity index (χ3n) is 1.80. The van der Waals surface area contributed by atoms with Gasteiger partial charge in [0.15, 0.2) is 0 Å². The van der Waals surface area contributed by atoms with Crippen molar-refractivity contribution in [1.82, 2.24) is 0 Å². The van der Waals surface area contributed by atoms with Crippen molar-refractivity contribution in [3.05, 3.63) is 35.9 Å². The molecular formula is C10H11FS2. The molecule has 0 nitrogen and oxygen atoms in total. The Balaban J connectivity index is 2.87. The Morgan fingerprint density at radius 3 is 2.31 bits per heavy atom. The van der Waals surface area contributed by atoms with E-state index in [9.17, 15) is 4.39 Å². The molecule has 70 valence electrons. The fraction of sp³-hybridized carbons (Fsp3) is 0.300. The maximum Gasteiger partial charge on any atom is 0.221 e. The minimum atomic E-state index is -0.506. The van der Waals surface area contributed by atoms with Crippen molar-refractivity contribution in [1.29, 1.82) is 0 Å². The molecule has 0 spiro atoms. The van der Waals surface area contributed by atoms with Gasteiger partial charge in [0.25, 0.3) is 0 Å². The highest BCUT2D eigenvalue weighted by Gasteiger charge is 2.22. The van der Waals surface area contributed by atoms with Crippen LogP contribution in [0.4, 0.5) is 4.39 Å². The van der Waals surface area contributed by atoms with Crippen molar-refractivity contribution in [2.24, 2.45) is 0 Å². The van der Waals surface area contributed by atoms with E-state index in [1.54, 1.807) is 0 Å². The van der Waals surface area contributed by atoms with E-state index in [-0.39, 0.29) is 4.75 Å². The lowest BCUT2D eigenvalue weighted by Crippen LogP contribution is -2.12. The predicted octanol–water partition coefficient (Wildman–Crippen LogP) is 3.91. The van der Waals surface area contributed by atoms with E-state index in [2.05, 4.69) is 12.2 Å². The summed E-state index contributed by atoms with van der Waals surface area (Å²) in [7, 11) is 0. The molecule has 0 aliphatic heterocycles. The zero-order valence-electron chi connectivity index (χ0n) is 7.58. The van der Waals surface area contributed by atoms with Gasteiger partial charge < -0.3 is 0 Å². The van der Waals surface area contributed by atoms with E-state index in [4.69, 9.17) is 0 Å². The van der Waals surface area contributed by atoms with Gasteiger partial charge in [0.05, 0.1) is 0 Å². The number of halogens is 1. The summed E-state index contributed by atoms with van der Waals surface area (Å²) in [4.78, 5) is 0. The first kappa shape index (κ1) is 10.7. The van der Waals surface area contributed by atoms with Crippen LogP contribution in [0.15, 0.2) is 30.3 Å². The molecule has 0 aromatic heterocycles. The van der Waals surface area contributed by atoms with Gasteiger partial charge in [-0.1, -0.05) is 42.1 Å². The first-order valence-corrected chi connectivity index (χ1v) is 5.19. The van der Waals surface area contributed by atoms with Crippen LogP contribution in [0.3, 0.4) is 0 Å². The van der Waals surface area contributed by atoms with E-state index >= 15 is 0 Å². The Morgan fingerprint density at radius 1 is 1.31 bits per heavy atom. The van der Waals surface area contributed by atoms with Gasteiger partial charge in [-0.25, -0.2) is 0 Å². The van der Waals surface area contributed by atoms with Crippen LogP contribution in [-0.2, 0) is 4.75 Å². The highest BCUT2D eigenvalue weighted by Crippen LogP contribution is 2.36. The van der Waals surface area contributed by atoms with Gasteiger partial charge in [-0.3, -0.25) is 0 Å². The Morgan fingerprint density at radius 2 is 1.85 bits per heavy atom. The summed E-state index contributed by atoms with van der Waals surface area (Å²) in [5, 5.41) is 0. The molecule has 0 atom stereocenters. The van der Waals surface area contributed by atoms with Crippen LogP contribution in [0.25, 0.3) is 0 Å². The Bertz CT molecular complexity index is 293. The van der Waals surface area contributed by atoms with E-state index in [1.165, 1.54) is 0 Å². The van der Waals surface area contributed by atoms with Crippen LogP contribution in [0, 0.1) is 0 Å². The molecule has 0 aliphatic rings. The number of benzene rings is 1. The number of hydrogen-bond donors (Lipinski definition) is 0. The molecular weight excluding hydrogens is 203 g/mol. The summed E-state index contributed by atoms with van der Waals surface area (Å²) >= 11 is 5.51. The average molecular weight is 214 g/mol. The van der Waals surface area contributed by atoms with E-state index in [0.29, 0.717) is 0 Å². The zero-order chi connectivity index (χ0) is 9.90. The van der Waals surface area contributed by atoms with Crippen molar-refractivity contribution < 1.29 is 4.39 Å². The second kappa shape index (κ2) is 4.20. The fourth-order valence-electron chi connectivity index (χ4n) is 1.10. The minimum Gasteiger partial charge on any atom is -0.186 e. The molecule has 0 saturated heterocycles. The lowest BCUT2D eigenvalue weighted by molar-refractivity contribution is 0.780. The zero-order valence-corrected chi connectivity index (χ0v) is 9.21. The molecule has 0 radical (unpaired) electrons. The second-order valence-electron chi connectivity index (χ2n) is 3.22. The molecule has 0 saturated carbocycles. The summed E-state index contributed by atoms with van der Waals surface area (Å²) in [5.74, 6) is 0. The van der Waals surface area contributed by atoms with Gasteiger partial charge in [0, 0.05) is 4.75 Å². The molecule has 0 fully saturated rings. The van der Waals surface area contributed by atoms with E-state index in [1.807, 2.05) is 44.2 Å². The van der Waals surface area contributed by atoms with Gasteiger partial charge in [-0.15, -0.1) is 0 Å². The topological polar surface area (TPSA) is 0 Å². The molecule has 3 heteroatoms. The largest absolute Gasteiger partial charge is 0.221 e. The molecule has 0 N–H and O–H groups in total. The van der Waals surface area contributed by atoms with E-state index < -0.39 is 4.45 Å². The monoisotopic (exact) mass is 214 g/mol. The fourth-order valence-corrected chi connectivity index (χ4v) is 2.38. The Kier molecular flexibility index (Phi) is 3.45. The molecule has 1 rings (SSSR count). The quantitative estimate of drug-likeness (QED) is 0.541. The first-order valence-electron chi connectivity index (χ1n) is 3.96. The third kappa shape index (κ3) is 3.08. The van der Waals surface area contributed by atoms with Crippen molar-refractivity contribution in [2.75, 3.05) is 0 Å². The maximum atomic E-state index is 12.6. The van der Waals surface area contributed by atoms with Gasteiger partial charge >= 0.3 is 0 Å². The highest BCUT2D eigenvalue weighted by atomic mass is 32.2. The Labute approximate surface area is 87.5 Å². The summed E-state index contributed by atoms with van der Waals surface area (Å²) in [5.41, 5.74) is 1.08. The van der Waals surface area contributed by atoms with E-state index in [0.717, 1.165) is 17.3 Å². The summed E-state index contributed by atoms with van der Waals surface area (Å²) in [6.07, 6.45) is 0. The number of thioether (sulfide) groups is 1. The highest BCUT2D eigenvalue weighted by molar-refractivity contribution is 8.23. The summed E-state index contributed by atoms with van der Waals surface area (Å²) in [6, 6.07) is 9.78. The lowest BCUT2D eigenvalue weighted by Gasteiger charge is -2.22. The lowest BCUT2D eigenvalue weighted by atomic mass is 10.0. The summed E-state index contributed by atoms with van der Waals surface area (Å²) < 4.78 is 11.8. The predicted molar refractivity (Wildman–Crippen MR) is 60.8 cm³/mol. The smallest absolute Gasteiger partial charge is 0.186 e. The van der Waals surface area contributed by atoms with Crippen molar-refractivity contribution in [2.45, 2.75) is 18.6 Å². The van der Waals surface area contributed by atoms with Gasteiger partial charge in [-0.05, 0) is 31.6 Å². The van der Waals surface area contributed by atoms with Gasteiger partial charge in [0.2, 0.25) is 4.45 Å². The molecule has 0 aliphatic carbocycles. The molecule has 0 amide bonds. The second-order valence-corrected chi connectivity index (χ2v) is 5.42. The molecule has 0 heterocycles. The van der Waals surface area contributed by atoms with Crippen molar-refractivity contribution in [3.63, 3.8) is 0 Å². The van der Waals surface area contributed by atoms with Crippen molar-refractivity contribution in [3.8, 4) is 0 Å². The standard InChI is InChI=1S/C10H11FS2/c1-10(2,13-9(11)12)8-6-4-3-5-7-8/h3-7H,1-2H3. The third-order valence-corrected chi connectivity index (χ3v) is 2.96. The van der Waals surface area contributed by atoms with Crippen LogP contribution in [0.5, 0.6) is 0 Å². The Hall–Kier alpha value is -0.410. The molecule has 0 bridgehead atoms. The van der Waals surface area contributed by atoms with Crippen LogP contribution in [0.2, 0.25) is 0 Å². The molecule has 0 unspecified atom stereocenters. The van der Waals surface area contributed by atoms with Crippen LogP contribution in [0.1, 0.15) is 19.4 Å². The average Bonchev–Trinajstić information content (AvgIpc) is 2.04.